The molecule has 2 aliphatic heterocycles. The van der Waals surface area contributed by atoms with Gasteiger partial charge in [-0.2, -0.15) is 0 Å². The van der Waals surface area contributed by atoms with Gasteiger partial charge in [0.15, 0.2) is 0 Å². The van der Waals surface area contributed by atoms with E-state index in [1.165, 1.54) is 0 Å². The van der Waals surface area contributed by atoms with Crippen molar-refractivity contribution in [2.75, 3.05) is 46.4 Å². The molecule has 138 valence electrons. The Kier molecular flexibility index (Phi) is 5.56. The van der Waals surface area contributed by atoms with Crippen LogP contribution in [-0.2, 0) is 10.2 Å². The molecule has 1 aromatic rings. The predicted molar refractivity (Wildman–Crippen MR) is 101 cm³/mol. The number of carbonyl (C=O) groups is 1. The van der Waals surface area contributed by atoms with E-state index >= 15 is 0 Å². The molecule has 3 fully saturated rings. The number of amides is 1. The summed E-state index contributed by atoms with van der Waals surface area (Å²) < 4.78 is 5.51. The maximum atomic E-state index is 13.3. The molecule has 0 spiro atoms. The Bertz CT molecular complexity index is 614. The largest absolute Gasteiger partial charge is 0.496 e. The summed E-state index contributed by atoms with van der Waals surface area (Å²) in [7, 11) is 1.69. The number of hydrogen-bond acceptors (Lipinski definition) is 4. The highest BCUT2D eigenvalue weighted by molar-refractivity contribution is 5.92. The van der Waals surface area contributed by atoms with E-state index in [9.17, 15) is 4.79 Å². The first kappa shape index (κ1) is 18.5. The maximum absolute atomic E-state index is 13.3. The lowest BCUT2D eigenvalue weighted by Gasteiger charge is -2.33. The minimum atomic E-state index is -0.328. The van der Waals surface area contributed by atoms with E-state index in [2.05, 4.69) is 21.2 Å². The fourth-order valence-corrected chi connectivity index (χ4v) is 4.34. The monoisotopic (exact) mass is 365 g/mol. The highest BCUT2D eigenvalue weighted by atomic mass is 35.5. The van der Waals surface area contributed by atoms with Gasteiger partial charge in [-0.25, -0.2) is 0 Å². The molecule has 1 atom stereocenters. The number of ether oxygens (including phenoxy) is 1. The molecule has 1 unspecified atom stereocenters. The first-order chi connectivity index (χ1) is 11.7. The molecule has 0 aromatic heterocycles. The molecule has 1 saturated carbocycles. The highest BCUT2D eigenvalue weighted by Crippen LogP contribution is 2.52. The summed E-state index contributed by atoms with van der Waals surface area (Å²) in [5, 5.41) is 3.40. The van der Waals surface area contributed by atoms with Gasteiger partial charge in [-0.3, -0.25) is 9.69 Å². The first-order valence-electron chi connectivity index (χ1n) is 9.12. The molecular weight excluding hydrogens is 338 g/mol. The van der Waals surface area contributed by atoms with E-state index in [1.54, 1.807) is 7.11 Å². The second-order valence-electron chi connectivity index (χ2n) is 7.26. The third kappa shape index (κ3) is 3.37. The fraction of sp³-hybridized carbons (Fsp3) is 0.632. The number of likely N-dealkylation sites (tertiary alicyclic amines) is 1. The summed E-state index contributed by atoms with van der Waals surface area (Å²) in [6, 6.07) is 8.55. The molecule has 25 heavy (non-hydrogen) atoms. The van der Waals surface area contributed by atoms with Crippen molar-refractivity contribution in [3.8, 4) is 5.75 Å². The Morgan fingerprint density at radius 1 is 1.20 bits per heavy atom. The van der Waals surface area contributed by atoms with E-state index in [1.807, 2.05) is 18.2 Å². The quantitative estimate of drug-likeness (QED) is 0.881. The van der Waals surface area contributed by atoms with Crippen molar-refractivity contribution >= 4 is 18.3 Å². The number of hydrogen-bond donors (Lipinski definition) is 1. The molecule has 4 rings (SSSR count). The highest BCUT2D eigenvalue weighted by Gasteiger charge is 2.55. The van der Waals surface area contributed by atoms with Crippen LogP contribution in [0.15, 0.2) is 24.3 Å². The summed E-state index contributed by atoms with van der Waals surface area (Å²) >= 11 is 0. The molecule has 0 radical (unpaired) electrons. The minimum Gasteiger partial charge on any atom is -0.496 e. The number of benzene rings is 1. The van der Waals surface area contributed by atoms with Crippen LogP contribution in [0.2, 0.25) is 0 Å². The zero-order chi connectivity index (χ0) is 16.6. The average Bonchev–Trinajstić information content (AvgIpc) is 3.31. The summed E-state index contributed by atoms with van der Waals surface area (Å²) in [5.41, 5.74) is 0.744. The molecule has 3 aliphatic rings. The van der Waals surface area contributed by atoms with Crippen LogP contribution in [0.25, 0.3) is 0 Å². The molecule has 6 heteroatoms. The lowest BCUT2D eigenvalue weighted by molar-refractivity contribution is -0.133. The van der Waals surface area contributed by atoms with Crippen molar-refractivity contribution < 1.29 is 9.53 Å². The van der Waals surface area contributed by atoms with Crippen LogP contribution in [-0.4, -0.2) is 68.1 Å². The number of nitrogens with zero attached hydrogens (tertiary/aromatic N) is 2. The molecule has 5 nitrogen and oxygen atoms in total. The van der Waals surface area contributed by atoms with E-state index in [4.69, 9.17) is 4.74 Å². The van der Waals surface area contributed by atoms with Gasteiger partial charge in [0.05, 0.1) is 12.5 Å². The second-order valence-corrected chi connectivity index (χ2v) is 7.26. The van der Waals surface area contributed by atoms with E-state index in [-0.39, 0.29) is 17.8 Å². The molecule has 1 aliphatic carbocycles. The minimum absolute atomic E-state index is 0. The predicted octanol–water partition coefficient (Wildman–Crippen LogP) is 1.65. The molecule has 1 aromatic carbocycles. The summed E-state index contributed by atoms with van der Waals surface area (Å²) in [5.74, 6) is 1.16. The van der Waals surface area contributed by atoms with E-state index in [0.29, 0.717) is 11.9 Å². The standard InChI is InChI=1S/C19H27N3O2.ClH/c1-24-17-5-3-2-4-16(17)19(7-8-19)18(23)22-11-6-15(14-22)21-12-9-20-10-13-21;/h2-5,15,20H,6-14H2,1H3;1H. The number of para-hydroxylation sites is 1. The van der Waals surface area contributed by atoms with Crippen molar-refractivity contribution in [3.63, 3.8) is 0 Å². The zero-order valence-electron chi connectivity index (χ0n) is 14.9. The third-order valence-corrected chi connectivity index (χ3v) is 5.90. The van der Waals surface area contributed by atoms with Crippen molar-refractivity contribution in [2.24, 2.45) is 0 Å². The summed E-state index contributed by atoms with van der Waals surface area (Å²) in [6.07, 6.45) is 3.00. The van der Waals surface area contributed by atoms with Gasteiger partial charge >= 0.3 is 0 Å². The van der Waals surface area contributed by atoms with Crippen LogP contribution in [0.1, 0.15) is 24.8 Å². The SMILES string of the molecule is COc1ccccc1C1(C(=O)N2CCC(N3CCNCC3)C2)CC1.Cl. The average molecular weight is 366 g/mol. The molecule has 2 saturated heterocycles. The first-order valence-corrected chi connectivity index (χ1v) is 9.12. The van der Waals surface area contributed by atoms with Gasteiger partial charge in [-0.05, 0) is 25.3 Å². The molecule has 1 amide bonds. The number of nitrogens with one attached hydrogen (secondary N) is 1. The van der Waals surface area contributed by atoms with Gasteiger partial charge in [-0.15, -0.1) is 12.4 Å². The van der Waals surface area contributed by atoms with Crippen LogP contribution < -0.4 is 10.1 Å². The zero-order valence-corrected chi connectivity index (χ0v) is 15.7. The van der Waals surface area contributed by atoms with E-state index in [0.717, 1.165) is 69.8 Å². The fourth-order valence-electron chi connectivity index (χ4n) is 4.34. The number of piperazine rings is 1. The lowest BCUT2D eigenvalue weighted by atomic mass is 9.93. The van der Waals surface area contributed by atoms with E-state index < -0.39 is 0 Å². The van der Waals surface area contributed by atoms with Crippen LogP contribution in [0.5, 0.6) is 5.75 Å². The maximum Gasteiger partial charge on any atom is 0.233 e. The van der Waals surface area contributed by atoms with Gasteiger partial charge in [0.2, 0.25) is 5.91 Å². The summed E-state index contributed by atoms with van der Waals surface area (Å²) in [4.78, 5) is 17.9. The number of carbonyl (C=O) groups excluding carboxylic acids is 1. The van der Waals surface area contributed by atoms with Gasteiger partial charge in [-0.1, -0.05) is 18.2 Å². The summed E-state index contributed by atoms with van der Waals surface area (Å²) in [6.45, 7) is 6.11. The Morgan fingerprint density at radius 3 is 2.60 bits per heavy atom. The normalized spacial score (nSPS) is 25.3. The van der Waals surface area contributed by atoms with Crippen LogP contribution in [0, 0.1) is 0 Å². The molecular formula is C19H28ClN3O2. The number of halogens is 1. The smallest absolute Gasteiger partial charge is 0.233 e. The van der Waals surface area contributed by atoms with Crippen molar-refractivity contribution in [3.05, 3.63) is 29.8 Å². The molecule has 2 heterocycles. The van der Waals surface area contributed by atoms with Crippen LogP contribution >= 0.6 is 12.4 Å². The third-order valence-electron chi connectivity index (χ3n) is 5.90. The lowest BCUT2D eigenvalue weighted by Crippen LogP contribution is -2.49. The topological polar surface area (TPSA) is 44.8 Å². The Labute approximate surface area is 156 Å². The van der Waals surface area contributed by atoms with Gasteiger partial charge in [0, 0.05) is 50.9 Å². The van der Waals surface area contributed by atoms with Crippen molar-refractivity contribution in [1.82, 2.24) is 15.1 Å². The van der Waals surface area contributed by atoms with Crippen molar-refractivity contribution in [1.29, 1.82) is 0 Å². The Balaban J connectivity index is 0.00000182. The Hall–Kier alpha value is -1.30. The molecule has 0 bridgehead atoms. The van der Waals surface area contributed by atoms with Gasteiger partial charge in [0.25, 0.3) is 0 Å². The second kappa shape index (κ2) is 7.52. The number of rotatable bonds is 4. The van der Waals surface area contributed by atoms with Crippen LogP contribution in [0.3, 0.4) is 0 Å². The van der Waals surface area contributed by atoms with Gasteiger partial charge < -0.3 is 15.0 Å². The Morgan fingerprint density at radius 2 is 1.92 bits per heavy atom. The van der Waals surface area contributed by atoms with Crippen LogP contribution in [0.4, 0.5) is 0 Å². The van der Waals surface area contributed by atoms with Crippen molar-refractivity contribution in [2.45, 2.75) is 30.7 Å². The number of methoxy groups -OCH3 is 1. The van der Waals surface area contributed by atoms with Gasteiger partial charge in [0.1, 0.15) is 5.75 Å². The molecule has 1 N–H and O–H groups in total.